The third kappa shape index (κ3) is 2.48. The Hall–Kier alpha value is -1.17. The minimum atomic E-state index is -4.49. The Morgan fingerprint density at radius 2 is 1.78 bits per heavy atom. The van der Waals surface area contributed by atoms with Gasteiger partial charge in [0.1, 0.15) is 0 Å². The van der Waals surface area contributed by atoms with Gasteiger partial charge in [-0.15, -0.1) is 0 Å². The van der Waals surface area contributed by atoms with Crippen LogP contribution in [0.2, 0.25) is 0 Å². The van der Waals surface area contributed by atoms with E-state index < -0.39 is 29.6 Å². The first-order valence-corrected chi connectivity index (χ1v) is 5.47. The number of halogens is 5. The summed E-state index contributed by atoms with van der Waals surface area (Å²) in [5.41, 5.74) is 3.71. The Morgan fingerprint density at radius 3 is 2.28 bits per heavy atom. The molecule has 2 N–H and O–H groups in total. The van der Waals surface area contributed by atoms with Crippen molar-refractivity contribution in [3.05, 3.63) is 35.4 Å². The van der Waals surface area contributed by atoms with Crippen LogP contribution in [-0.2, 0) is 11.7 Å². The fraction of sp³-hybridized carbons (Fsp3) is 0.500. The number of rotatable bonds is 1. The highest BCUT2D eigenvalue weighted by atomic mass is 19.4. The second-order valence-electron chi connectivity index (χ2n) is 4.77. The van der Waals surface area contributed by atoms with Crippen LogP contribution < -0.4 is 5.73 Å². The Morgan fingerprint density at radius 1 is 1.11 bits per heavy atom. The van der Waals surface area contributed by atoms with Gasteiger partial charge in [0.25, 0.3) is 0 Å². The van der Waals surface area contributed by atoms with Crippen LogP contribution in [0.4, 0.5) is 22.0 Å². The van der Waals surface area contributed by atoms with Crippen molar-refractivity contribution in [1.29, 1.82) is 0 Å². The lowest BCUT2D eigenvalue weighted by Gasteiger charge is -2.25. The summed E-state index contributed by atoms with van der Waals surface area (Å²) in [5.74, 6) is -2.90. The molecule has 18 heavy (non-hydrogen) atoms. The largest absolute Gasteiger partial charge is 0.416 e. The molecule has 1 aliphatic rings. The molecule has 1 nitrogen and oxygen atoms in total. The van der Waals surface area contributed by atoms with Gasteiger partial charge in [-0.2, -0.15) is 13.2 Å². The minimum Gasteiger partial charge on any atom is -0.321 e. The highest BCUT2D eigenvalue weighted by molar-refractivity contribution is 5.32. The van der Waals surface area contributed by atoms with E-state index in [9.17, 15) is 22.0 Å². The average Bonchev–Trinajstić information content (AvgIpc) is 2.53. The second kappa shape index (κ2) is 3.91. The Labute approximate surface area is 101 Å². The van der Waals surface area contributed by atoms with E-state index in [2.05, 4.69) is 0 Å². The highest BCUT2D eigenvalue weighted by Gasteiger charge is 2.48. The molecule has 1 unspecified atom stereocenters. The van der Waals surface area contributed by atoms with Crippen molar-refractivity contribution < 1.29 is 22.0 Å². The molecule has 0 aliphatic heterocycles. The molecule has 1 aliphatic carbocycles. The van der Waals surface area contributed by atoms with Crippen molar-refractivity contribution in [2.45, 2.75) is 36.9 Å². The molecule has 2 rings (SSSR count). The first kappa shape index (κ1) is 13.3. The monoisotopic (exact) mass is 265 g/mol. The zero-order valence-electron chi connectivity index (χ0n) is 9.40. The normalized spacial score (nSPS) is 27.4. The van der Waals surface area contributed by atoms with Crippen LogP contribution in [0, 0.1) is 0 Å². The van der Waals surface area contributed by atoms with Crippen LogP contribution in [0.5, 0.6) is 0 Å². The molecule has 1 aromatic rings. The van der Waals surface area contributed by atoms with Crippen LogP contribution in [0.15, 0.2) is 24.3 Å². The molecule has 6 heteroatoms. The van der Waals surface area contributed by atoms with Gasteiger partial charge in [0.15, 0.2) is 0 Å². The summed E-state index contributed by atoms with van der Waals surface area (Å²) in [5, 5.41) is 0. The molecule has 0 saturated heterocycles. The summed E-state index contributed by atoms with van der Waals surface area (Å²) in [6.07, 6.45) is -5.50. The number of nitrogens with two attached hydrogens (primary N) is 1. The van der Waals surface area contributed by atoms with Gasteiger partial charge in [-0.05, 0) is 24.1 Å². The van der Waals surface area contributed by atoms with Crippen LogP contribution in [0.3, 0.4) is 0 Å². The molecular weight excluding hydrogens is 253 g/mol. The number of hydrogen-bond acceptors (Lipinski definition) is 1. The molecular formula is C12H12F5N. The molecule has 1 saturated carbocycles. The van der Waals surface area contributed by atoms with E-state index >= 15 is 0 Å². The van der Waals surface area contributed by atoms with E-state index in [1.54, 1.807) is 0 Å². The minimum absolute atomic E-state index is 0.0126. The quantitative estimate of drug-likeness (QED) is 0.770. The summed E-state index contributed by atoms with van der Waals surface area (Å²) in [4.78, 5) is 0. The summed E-state index contributed by atoms with van der Waals surface area (Å²) in [6, 6.07) is 4.33. The van der Waals surface area contributed by atoms with E-state index in [-0.39, 0.29) is 18.4 Å². The SMILES string of the molecule is NC1(c2cccc(C(F)(F)F)c2)CCC(F)(F)C1. The van der Waals surface area contributed by atoms with Crippen molar-refractivity contribution in [2.75, 3.05) is 0 Å². The van der Waals surface area contributed by atoms with Gasteiger partial charge < -0.3 is 5.73 Å². The molecule has 0 radical (unpaired) electrons. The highest BCUT2D eigenvalue weighted by Crippen LogP contribution is 2.46. The zero-order chi connectivity index (χ0) is 13.6. The second-order valence-corrected chi connectivity index (χ2v) is 4.77. The molecule has 0 aromatic heterocycles. The first-order chi connectivity index (χ1) is 8.12. The molecule has 0 spiro atoms. The molecule has 1 atom stereocenters. The number of alkyl halides is 5. The van der Waals surface area contributed by atoms with Crippen molar-refractivity contribution in [3.8, 4) is 0 Å². The molecule has 0 heterocycles. The standard InChI is InChI=1S/C12H12F5N/c13-11(14)5-4-10(18,7-11)8-2-1-3-9(6-8)12(15,16)17/h1-3,6H,4-5,7,18H2. The van der Waals surface area contributed by atoms with Gasteiger partial charge in [-0.25, -0.2) is 8.78 Å². The maximum Gasteiger partial charge on any atom is 0.416 e. The zero-order valence-corrected chi connectivity index (χ0v) is 9.40. The molecule has 1 aromatic carbocycles. The van der Waals surface area contributed by atoms with Gasteiger partial charge in [0.2, 0.25) is 5.92 Å². The van der Waals surface area contributed by atoms with Crippen molar-refractivity contribution in [3.63, 3.8) is 0 Å². The van der Waals surface area contributed by atoms with E-state index in [0.717, 1.165) is 12.1 Å². The summed E-state index contributed by atoms with van der Waals surface area (Å²) in [7, 11) is 0. The van der Waals surface area contributed by atoms with Gasteiger partial charge in [0.05, 0.1) is 5.56 Å². The maximum absolute atomic E-state index is 13.2. The molecule has 100 valence electrons. The Balaban J connectivity index is 2.35. The Kier molecular flexibility index (Phi) is 2.88. The van der Waals surface area contributed by atoms with Crippen LogP contribution in [-0.4, -0.2) is 5.92 Å². The van der Waals surface area contributed by atoms with E-state index in [1.165, 1.54) is 12.1 Å². The van der Waals surface area contributed by atoms with Crippen LogP contribution >= 0.6 is 0 Å². The van der Waals surface area contributed by atoms with Crippen LogP contribution in [0.25, 0.3) is 0 Å². The first-order valence-electron chi connectivity index (χ1n) is 5.47. The van der Waals surface area contributed by atoms with Gasteiger partial charge >= 0.3 is 6.18 Å². The molecule has 0 bridgehead atoms. The smallest absolute Gasteiger partial charge is 0.321 e. The lowest BCUT2D eigenvalue weighted by atomic mass is 9.88. The summed E-state index contributed by atoms with van der Waals surface area (Å²) < 4.78 is 63.9. The lowest BCUT2D eigenvalue weighted by Crippen LogP contribution is -2.35. The molecule has 0 amide bonds. The van der Waals surface area contributed by atoms with Gasteiger partial charge in [-0.3, -0.25) is 0 Å². The average molecular weight is 265 g/mol. The Bertz CT molecular complexity index is 454. The van der Waals surface area contributed by atoms with E-state index in [1.807, 2.05) is 0 Å². The van der Waals surface area contributed by atoms with Crippen molar-refractivity contribution in [1.82, 2.24) is 0 Å². The van der Waals surface area contributed by atoms with E-state index in [0.29, 0.717) is 0 Å². The topological polar surface area (TPSA) is 26.0 Å². The van der Waals surface area contributed by atoms with Crippen molar-refractivity contribution in [2.24, 2.45) is 5.73 Å². The lowest BCUT2D eigenvalue weighted by molar-refractivity contribution is -0.137. The predicted molar refractivity (Wildman–Crippen MR) is 56.1 cm³/mol. The molecule has 1 fully saturated rings. The predicted octanol–water partition coefficient (Wildman–Crippen LogP) is 3.68. The maximum atomic E-state index is 13.2. The van der Waals surface area contributed by atoms with Crippen molar-refractivity contribution >= 4 is 0 Å². The fourth-order valence-electron chi connectivity index (χ4n) is 2.30. The number of benzene rings is 1. The van der Waals surface area contributed by atoms with Crippen LogP contribution in [0.1, 0.15) is 30.4 Å². The summed E-state index contributed by atoms with van der Waals surface area (Å²) in [6.45, 7) is 0. The third-order valence-corrected chi connectivity index (χ3v) is 3.28. The third-order valence-electron chi connectivity index (χ3n) is 3.28. The fourth-order valence-corrected chi connectivity index (χ4v) is 2.30. The summed E-state index contributed by atoms with van der Waals surface area (Å²) >= 11 is 0. The van der Waals surface area contributed by atoms with E-state index in [4.69, 9.17) is 5.73 Å². The van der Waals surface area contributed by atoms with Gasteiger partial charge in [-0.1, -0.05) is 12.1 Å². The van der Waals surface area contributed by atoms with Gasteiger partial charge in [0, 0.05) is 18.4 Å². The number of hydrogen-bond donors (Lipinski definition) is 1.